The van der Waals surface area contributed by atoms with E-state index >= 15 is 0 Å². The zero-order valence-corrected chi connectivity index (χ0v) is 11.9. The second-order valence-electron chi connectivity index (χ2n) is 5.27. The van der Waals surface area contributed by atoms with E-state index in [0.29, 0.717) is 0 Å². The predicted octanol–water partition coefficient (Wildman–Crippen LogP) is 3.26. The Morgan fingerprint density at radius 2 is 1.53 bits per heavy atom. The molecule has 2 nitrogen and oxygen atoms in total. The van der Waals surface area contributed by atoms with Crippen LogP contribution in [0.4, 0.5) is 5.69 Å². The molecular formula is C15H26N2. The van der Waals surface area contributed by atoms with Crippen molar-refractivity contribution in [1.82, 2.24) is 0 Å². The van der Waals surface area contributed by atoms with Crippen molar-refractivity contribution in [1.29, 1.82) is 0 Å². The minimum atomic E-state index is -0.0770. The summed E-state index contributed by atoms with van der Waals surface area (Å²) >= 11 is 0. The van der Waals surface area contributed by atoms with Gasteiger partial charge in [-0.1, -0.05) is 19.9 Å². The number of rotatable bonds is 5. The van der Waals surface area contributed by atoms with Crippen molar-refractivity contribution in [3.8, 4) is 0 Å². The van der Waals surface area contributed by atoms with Crippen molar-refractivity contribution >= 4 is 5.69 Å². The Balaban J connectivity index is 2.85. The van der Waals surface area contributed by atoms with Gasteiger partial charge in [-0.25, -0.2) is 0 Å². The highest BCUT2D eigenvalue weighted by Crippen LogP contribution is 2.21. The van der Waals surface area contributed by atoms with Crippen molar-refractivity contribution < 1.29 is 0 Å². The third kappa shape index (κ3) is 3.74. The summed E-state index contributed by atoms with van der Waals surface area (Å²) in [6.45, 7) is 9.51. The first kappa shape index (κ1) is 14.0. The maximum Gasteiger partial charge on any atom is 0.0369 e. The van der Waals surface area contributed by atoms with Crippen LogP contribution < -0.4 is 10.6 Å². The lowest BCUT2D eigenvalue weighted by molar-refractivity contribution is 0.400. The van der Waals surface area contributed by atoms with E-state index in [1.54, 1.807) is 0 Å². The van der Waals surface area contributed by atoms with Gasteiger partial charge in [0.15, 0.2) is 0 Å². The Morgan fingerprint density at radius 3 is 1.94 bits per heavy atom. The summed E-state index contributed by atoms with van der Waals surface area (Å²) in [6, 6.07) is 6.64. The maximum atomic E-state index is 6.37. The zero-order chi connectivity index (χ0) is 13.1. The molecule has 0 aliphatic carbocycles. The molecule has 0 saturated heterocycles. The molecule has 2 heteroatoms. The molecule has 96 valence electrons. The lowest BCUT2D eigenvalue weighted by Crippen LogP contribution is -2.48. The molecule has 0 atom stereocenters. The summed E-state index contributed by atoms with van der Waals surface area (Å²) in [4.78, 5) is 2.27. The summed E-state index contributed by atoms with van der Waals surface area (Å²) in [6.07, 6.45) is 2.03. The average Bonchev–Trinajstić information content (AvgIpc) is 2.27. The second kappa shape index (κ2) is 5.54. The fourth-order valence-electron chi connectivity index (χ4n) is 2.21. The van der Waals surface area contributed by atoms with Crippen LogP contribution in [0.1, 0.15) is 37.8 Å². The van der Waals surface area contributed by atoms with E-state index in [0.717, 1.165) is 19.4 Å². The van der Waals surface area contributed by atoms with Gasteiger partial charge in [-0.3, -0.25) is 0 Å². The van der Waals surface area contributed by atoms with E-state index in [9.17, 15) is 0 Å². The Morgan fingerprint density at radius 1 is 1.06 bits per heavy atom. The third-order valence-electron chi connectivity index (χ3n) is 3.61. The van der Waals surface area contributed by atoms with Gasteiger partial charge < -0.3 is 10.6 Å². The van der Waals surface area contributed by atoms with Crippen LogP contribution >= 0.6 is 0 Å². The highest BCUT2D eigenvalue weighted by molar-refractivity contribution is 5.50. The quantitative estimate of drug-likeness (QED) is 0.847. The van der Waals surface area contributed by atoms with Crippen LogP contribution in [-0.4, -0.2) is 19.1 Å². The summed E-state index contributed by atoms with van der Waals surface area (Å²) in [5.41, 5.74) is 10.2. The summed E-state index contributed by atoms with van der Waals surface area (Å²) in [5, 5.41) is 0. The molecule has 0 amide bonds. The van der Waals surface area contributed by atoms with Crippen LogP contribution in [0.5, 0.6) is 0 Å². The van der Waals surface area contributed by atoms with Gasteiger partial charge in [-0.15, -0.1) is 0 Å². The van der Waals surface area contributed by atoms with Crippen LogP contribution in [0.15, 0.2) is 18.2 Å². The van der Waals surface area contributed by atoms with E-state index in [4.69, 9.17) is 5.73 Å². The van der Waals surface area contributed by atoms with E-state index in [2.05, 4.69) is 57.8 Å². The molecule has 0 spiro atoms. The molecule has 0 fully saturated rings. The summed E-state index contributed by atoms with van der Waals surface area (Å²) < 4.78 is 0. The number of benzene rings is 1. The van der Waals surface area contributed by atoms with Gasteiger partial charge in [0.1, 0.15) is 0 Å². The van der Waals surface area contributed by atoms with E-state index in [1.807, 2.05) is 0 Å². The number of nitrogens with two attached hydrogens (primary N) is 1. The monoisotopic (exact) mass is 234 g/mol. The largest absolute Gasteiger partial charge is 0.373 e. The SMILES string of the molecule is CCC(N)(CC)CN(C)c1cc(C)cc(C)c1. The molecule has 0 unspecified atom stereocenters. The molecule has 0 aliphatic heterocycles. The molecule has 2 N–H and O–H groups in total. The topological polar surface area (TPSA) is 29.3 Å². The number of aryl methyl sites for hydroxylation is 2. The van der Waals surface area contributed by atoms with Crippen molar-refractivity contribution in [2.24, 2.45) is 5.73 Å². The van der Waals surface area contributed by atoms with Crippen LogP contribution in [0.25, 0.3) is 0 Å². The van der Waals surface area contributed by atoms with Gasteiger partial charge >= 0.3 is 0 Å². The number of likely N-dealkylation sites (N-methyl/N-ethyl adjacent to an activating group) is 1. The average molecular weight is 234 g/mol. The number of anilines is 1. The highest BCUT2D eigenvalue weighted by Gasteiger charge is 2.22. The Kier molecular flexibility index (Phi) is 4.58. The van der Waals surface area contributed by atoms with Gasteiger partial charge in [-0.2, -0.15) is 0 Å². The van der Waals surface area contributed by atoms with Gasteiger partial charge in [-0.05, 0) is 49.9 Å². The Labute approximate surface area is 106 Å². The van der Waals surface area contributed by atoms with Crippen LogP contribution in [0, 0.1) is 13.8 Å². The zero-order valence-electron chi connectivity index (χ0n) is 11.9. The molecule has 0 aliphatic rings. The second-order valence-corrected chi connectivity index (χ2v) is 5.27. The van der Waals surface area contributed by atoms with Gasteiger partial charge in [0, 0.05) is 24.8 Å². The molecular weight excluding hydrogens is 208 g/mol. The molecule has 0 saturated carbocycles. The van der Waals surface area contributed by atoms with E-state index in [1.165, 1.54) is 16.8 Å². The lowest BCUT2D eigenvalue weighted by atomic mass is 9.93. The van der Waals surface area contributed by atoms with E-state index < -0.39 is 0 Å². The standard InChI is InChI=1S/C15H26N2/c1-6-15(16,7-2)11-17(5)14-9-12(3)8-13(4)10-14/h8-10H,6-7,11,16H2,1-5H3. The number of hydrogen-bond acceptors (Lipinski definition) is 2. The summed E-state index contributed by atoms with van der Waals surface area (Å²) in [5.74, 6) is 0. The molecule has 1 aromatic carbocycles. The van der Waals surface area contributed by atoms with Crippen LogP contribution in [-0.2, 0) is 0 Å². The molecule has 0 bridgehead atoms. The smallest absolute Gasteiger partial charge is 0.0369 e. The lowest BCUT2D eigenvalue weighted by Gasteiger charge is -2.33. The third-order valence-corrected chi connectivity index (χ3v) is 3.61. The fraction of sp³-hybridized carbons (Fsp3) is 0.600. The first-order chi connectivity index (χ1) is 7.90. The minimum absolute atomic E-state index is 0.0770. The minimum Gasteiger partial charge on any atom is -0.373 e. The summed E-state index contributed by atoms with van der Waals surface area (Å²) in [7, 11) is 2.13. The van der Waals surface area contributed by atoms with Crippen molar-refractivity contribution in [2.45, 2.75) is 46.1 Å². The molecule has 0 radical (unpaired) electrons. The van der Waals surface area contributed by atoms with Gasteiger partial charge in [0.2, 0.25) is 0 Å². The number of hydrogen-bond donors (Lipinski definition) is 1. The maximum absolute atomic E-state index is 6.37. The van der Waals surface area contributed by atoms with Crippen LogP contribution in [0.3, 0.4) is 0 Å². The van der Waals surface area contributed by atoms with Crippen molar-refractivity contribution in [3.05, 3.63) is 29.3 Å². The first-order valence-electron chi connectivity index (χ1n) is 6.48. The fourth-order valence-corrected chi connectivity index (χ4v) is 2.21. The van der Waals surface area contributed by atoms with Gasteiger partial charge in [0.25, 0.3) is 0 Å². The Bertz CT molecular complexity index is 347. The highest BCUT2D eigenvalue weighted by atomic mass is 15.1. The molecule has 17 heavy (non-hydrogen) atoms. The predicted molar refractivity (Wildman–Crippen MR) is 76.7 cm³/mol. The molecule has 1 aromatic rings. The Hall–Kier alpha value is -1.02. The van der Waals surface area contributed by atoms with Crippen molar-refractivity contribution in [3.63, 3.8) is 0 Å². The first-order valence-corrected chi connectivity index (χ1v) is 6.48. The molecule has 1 rings (SSSR count). The van der Waals surface area contributed by atoms with Crippen molar-refractivity contribution in [2.75, 3.05) is 18.5 Å². The van der Waals surface area contributed by atoms with E-state index in [-0.39, 0.29) is 5.54 Å². The normalized spacial score (nSPS) is 11.6. The molecule has 0 aromatic heterocycles. The van der Waals surface area contributed by atoms with Gasteiger partial charge in [0.05, 0.1) is 0 Å². The molecule has 0 heterocycles. The number of nitrogens with zero attached hydrogens (tertiary/aromatic N) is 1. The van der Waals surface area contributed by atoms with Crippen LogP contribution in [0.2, 0.25) is 0 Å².